The molecule has 2 aromatic heterocycles. The average Bonchev–Trinajstić information content (AvgIpc) is 3.24. The zero-order valence-corrected chi connectivity index (χ0v) is 14.8. The SMILES string of the molecule is CNC(=O)N1Cc2nc(C)nc(Oc3ccc4c(ccn4C(=O)O)c3)c2C1. The summed E-state index contributed by atoms with van der Waals surface area (Å²) in [5.74, 6) is 1.49. The average molecular weight is 367 g/mol. The number of amides is 2. The number of benzene rings is 1. The van der Waals surface area contributed by atoms with Gasteiger partial charge < -0.3 is 20.1 Å². The third kappa shape index (κ3) is 2.92. The summed E-state index contributed by atoms with van der Waals surface area (Å²) in [6, 6.07) is 6.65. The van der Waals surface area contributed by atoms with E-state index in [1.54, 1.807) is 43.1 Å². The molecule has 1 aromatic carbocycles. The fourth-order valence-electron chi connectivity index (χ4n) is 3.19. The van der Waals surface area contributed by atoms with E-state index in [-0.39, 0.29) is 6.03 Å². The van der Waals surface area contributed by atoms with Gasteiger partial charge in [-0.25, -0.2) is 14.6 Å². The predicted molar refractivity (Wildman–Crippen MR) is 95.9 cm³/mol. The Morgan fingerprint density at radius 1 is 1.22 bits per heavy atom. The Balaban J connectivity index is 1.67. The van der Waals surface area contributed by atoms with Crippen molar-refractivity contribution < 1.29 is 19.4 Å². The maximum absolute atomic E-state index is 11.9. The number of hydrogen-bond donors (Lipinski definition) is 2. The van der Waals surface area contributed by atoms with Gasteiger partial charge in [-0.15, -0.1) is 0 Å². The third-order valence-corrected chi connectivity index (χ3v) is 4.44. The first-order chi connectivity index (χ1) is 13.0. The maximum Gasteiger partial charge on any atom is 0.415 e. The standard InChI is InChI=1S/C18H17N5O4/c1-10-20-14-9-22(17(24)19-2)8-13(14)16(21-10)27-12-3-4-15-11(7-12)5-6-23(15)18(25)26/h3-7H,8-9H2,1-2H3,(H,19,24)(H,25,26). The molecule has 0 atom stereocenters. The van der Waals surface area contributed by atoms with Crippen LogP contribution < -0.4 is 10.1 Å². The van der Waals surface area contributed by atoms with Crippen molar-refractivity contribution in [1.29, 1.82) is 0 Å². The molecule has 2 N–H and O–H groups in total. The van der Waals surface area contributed by atoms with Crippen LogP contribution in [0, 0.1) is 6.92 Å². The number of nitrogens with zero attached hydrogens (tertiary/aromatic N) is 4. The Morgan fingerprint density at radius 3 is 2.78 bits per heavy atom. The molecule has 27 heavy (non-hydrogen) atoms. The molecule has 138 valence electrons. The minimum absolute atomic E-state index is 0.187. The van der Waals surface area contributed by atoms with Crippen molar-refractivity contribution in [2.75, 3.05) is 7.05 Å². The van der Waals surface area contributed by atoms with E-state index in [1.165, 1.54) is 6.20 Å². The quantitative estimate of drug-likeness (QED) is 0.721. The van der Waals surface area contributed by atoms with Gasteiger partial charge in [-0.2, -0.15) is 4.98 Å². The molecule has 0 unspecified atom stereocenters. The Bertz CT molecular complexity index is 1080. The van der Waals surface area contributed by atoms with E-state index < -0.39 is 6.09 Å². The molecule has 0 fully saturated rings. The molecule has 0 bridgehead atoms. The highest BCUT2D eigenvalue weighted by atomic mass is 16.5. The molecule has 1 aliphatic heterocycles. The number of carbonyl (C=O) groups excluding carboxylic acids is 1. The topological polar surface area (TPSA) is 110 Å². The predicted octanol–water partition coefficient (Wildman–Crippen LogP) is 2.71. The maximum atomic E-state index is 11.9. The summed E-state index contributed by atoms with van der Waals surface area (Å²) in [5.41, 5.74) is 2.11. The fourth-order valence-corrected chi connectivity index (χ4v) is 3.19. The highest BCUT2D eigenvalue weighted by Crippen LogP contribution is 2.32. The Hall–Kier alpha value is -3.62. The smallest absolute Gasteiger partial charge is 0.415 e. The number of fused-ring (bicyclic) bond motifs is 2. The molecule has 0 aliphatic carbocycles. The minimum Gasteiger partial charge on any atom is -0.464 e. The van der Waals surface area contributed by atoms with Gasteiger partial charge in [-0.1, -0.05) is 0 Å². The van der Waals surface area contributed by atoms with Crippen molar-refractivity contribution in [1.82, 2.24) is 24.8 Å². The number of urea groups is 1. The van der Waals surface area contributed by atoms with E-state index in [0.29, 0.717) is 36.1 Å². The van der Waals surface area contributed by atoms with E-state index >= 15 is 0 Å². The van der Waals surface area contributed by atoms with Gasteiger partial charge in [0.1, 0.15) is 11.6 Å². The van der Waals surface area contributed by atoms with Gasteiger partial charge >= 0.3 is 12.1 Å². The zero-order valence-electron chi connectivity index (χ0n) is 14.8. The highest BCUT2D eigenvalue weighted by Gasteiger charge is 2.28. The first-order valence-corrected chi connectivity index (χ1v) is 8.31. The summed E-state index contributed by atoms with van der Waals surface area (Å²) in [5, 5.41) is 12.5. The Morgan fingerprint density at radius 2 is 2.04 bits per heavy atom. The van der Waals surface area contributed by atoms with Crippen molar-refractivity contribution >= 4 is 23.0 Å². The third-order valence-electron chi connectivity index (χ3n) is 4.44. The van der Waals surface area contributed by atoms with Crippen LogP contribution in [0.2, 0.25) is 0 Å². The molecule has 0 saturated heterocycles. The molecule has 0 saturated carbocycles. The van der Waals surface area contributed by atoms with E-state index in [1.807, 2.05) is 0 Å². The van der Waals surface area contributed by atoms with Crippen LogP contribution in [0.5, 0.6) is 11.6 Å². The molecule has 9 nitrogen and oxygen atoms in total. The van der Waals surface area contributed by atoms with Crippen molar-refractivity contribution in [3.05, 3.63) is 47.5 Å². The van der Waals surface area contributed by atoms with Gasteiger partial charge in [0, 0.05) is 18.6 Å². The van der Waals surface area contributed by atoms with Gasteiger partial charge in [-0.3, -0.25) is 4.57 Å². The monoisotopic (exact) mass is 367 g/mol. The van der Waals surface area contributed by atoms with Crippen LogP contribution in [-0.2, 0) is 13.1 Å². The number of carboxylic acid groups (broad SMARTS) is 1. The molecule has 9 heteroatoms. The van der Waals surface area contributed by atoms with Crippen LogP contribution in [0.1, 0.15) is 17.1 Å². The van der Waals surface area contributed by atoms with Gasteiger partial charge in [0.15, 0.2) is 0 Å². The van der Waals surface area contributed by atoms with Crippen LogP contribution in [0.25, 0.3) is 10.9 Å². The lowest BCUT2D eigenvalue weighted by Gasteiger charge is -2.13. The lowest BCUT2D eigenvalue weighted by atomic mass is 10.2. The summed E-state index contributed by atoms with van der Waals surface area (Å²) in [6.45, 7) is 2.53. The second-order valence-electron chi connectivity index (χ2n) is 6.20. The number of aromatic nitrogens is 3. The van der Waals surface area contributed by atoms with Crippen molar-refractivity contribution in [2.24, 2.45) is 0 Å². The number of rotatable bonds is 2. The first kappa shape index (κ1) is 16.8. The number of hydrogen-bond acceptors (Lipinski definition) is 5. The van der Waals surface area contributed by atoms with Crippen molar-refractivity contribution in [3.8, 4) is 11.6 Å². The molecular weight excluding hydrogens is 350 g/mol. The molecular formula is C18H17N5O4. The lowest BCUT2D eigenvalue weighted by molar-refractivity contribution is 0.197. The second kappa shape index (κ2) is 6.27. The molecule has 0 radical (unpaired) electrons. The fraction of sp³-hybridized carbons (Fsp3) is 0.222. The summed E-state index contributed by atoms with van der Waals surface area (Å²) >= 11 is 0. The summed E-state index contributed by atoms with van der Waals surface area (Å²) < 4.78 is 7.12. The molecule has 2 amide bonds. The van der Waals surface area contributed by atoms with Gasteiger partial charge in [0.05, 0.1) is 29.9 Å². The molecule has 0 spiro atoms. The second-order valence-corrected chi connectivity index (χ2v) is 6.20. The lowest BCUT2D eigenvalue weighted by Crippen LogP contribution is -2.33. The van der Waals surface area contributed by atoms with Gasteiger partial charge in [-0.05, 0) is 31.2 Å². The molecule has 4 rings (SSSR count). The Kier molecular flexibility index (Phi) is 3.91. The van der Waals surface area contributed by atoms with Gasteiger partial charge in [0.2, 0.25) is 5.88 Å². The number of carbonyl (C=O) groups is 2. The van der Waals surface area contributed by atoms with Crippen molar-refractivity contribution in [2.45, 2.75) is 20.0 Å². The van der Waals surface area contributed by atoms with Crippen LogP contribution in [-0.4, -0.2) is 43.7 Å². The molecule has 3 aromatic rings. The molecule has 3 heterocycles. The minimum atomic E-state index is -1.04. The van der Waals surface area contributed by atoms with Crippen LogP contribution in [0.15, 0.2) is 30.5 Å². The van der Waals surface area contributed by atoms with E-state index in [2.05, 4.69) is 15.3 Å². The molecule has 1 aliphatic rings. The highest BCUT2D eigenvalue weighted by molar-refractivity contribution is 5.89. The Labute approximate surface area is 154 Å². The van der Waals surface area contributed by atoms with Crippen molar-refractivity contribution in [3.63, 3.8) is 0 Å². The number of aryl methyl sites for hydroxylation is 1. The van der Waals surface area contributed by atoms with E-state index in [0.717, 1.165) is 21.2 Å². The summed E-state index contributed by atoms with van der Waals surface area (Å²) in [6.07, 6.45) is 0.446. The first-order valence-electron chi connectivity index (χ1n) is 8.31. The normalized spacial score (nSPS) is 12.9. The van der Waals surface area contributed by atoms with E-state index in [9.17, 15) is 14.7 Å². The van der Waals surface area contributed by atoms with Crippen LogP contribution >= 0.6 is 0 Å². The number of ether oxygens (including phenoxy) is 1. The van der Waals surface area contributed by atoms with Gasteiger partial charge in [0.25, 0.3) is 0 Å². The van der Waals surface area contributed by atoms with E-state index in [4.69, 9.17) is 4.74 Å². The largest absolute Gasteiger partial charge is 0.464 e. The summed E-state index contributed by atoms with van der Waals surface area (Å²) in [4.78, 5) is 33.5. The number of nitrogens with one attached hydrogen (secondary N) is 1. The zero-order chi connectivity index (χ0) is 19.1. The van der Waals surface area contributed by atoms with Crippen LogP contribution in [0.4, 0.5) is 9.59 Å². The van der Waals surface area contributed by atoms with Crippen LogP contribution in [0.3, 0.4) is 0 Å². The summed E-state index contributed by atoms with van der Waals surface area (Å²) in [7, 11) is 1.58.